The van der Waals surface area contributed by atoms with Crippen molar-refractivity contribution in [3.8, 4) is 6.07 Å². The van der Waals surface area contributed by atoms with E-state index < -0.39 is 5.91 Å². The van der Waals surface area contributed by atoms with E-state index in [1.165, 1.54) is 0 Å². The number of aromatic nitrogens is 1. The van der Waals surface area contributed by atoms with Crippen LogP contribution in [0, 0.1) is 11.3 Å². The van der Waals surface area contributed by atoms with Gasteiger partial charge in [0.25, 0.3) is 0 Å². The van der Waals surface area contributed by atoms with Crippen LogP contribution < -0.4 is 5.73 Å². The van der Waals surface area contributed by atoms with E-state index in [1.54, 1.807) is 12.1 Å². The normalized spacial score (nSPS) is 10.4. The van der Waals surface area contributed by atoms with Crippen molar-refractivity contribution in [2.75, 3.05) is 0 Å². The Balaban J connectivity index is 1.94. The summed E-state index contributed by atoms with van der Waals surface area (Å²) in [6, 6.07) is 17.0. The van der Waals surface area contributed by atoms with E-state index in [-0.39, 0.29) is 0 Å². The highest BCUT2D eigenvalue weighted by Gasteiger charge is 2.04. The lowest BCUT2D eigenvalue weighted by molar-refractivity contribution is 0.100. The van der Waals surface area contributed by atoms with Crippen molar-refractivity contribution >= 4 is 16.8 Å². The number of nitriles is 1. The van der Waals surface area contributed by atoms with Gasteiger partial charge < -0.3 is 10.3 Å². The molecule has 0 unspecified atom stereocenters. The van der Waals surface area contributed by atoms with Crippen LogP contribution in [0.15, 0.2) is 54.7 Å². The maximum atomic E-state index is 11.1. The second-order valence-electron chi connectivity index (χ2n) is 4.89. The number of benzene rings is 2. The molecular weight excluding hydrogens is 262 g/mol. The van der Waals surface area contributed by atoms with Crippen LogP contribution in [0.25, 0.3) is 10.9 Å². The van der Waals surface area contributed by atoms with Crippen LogP contribution in [0.4, 0.5) is 0 Å². The second-order valence-corrected chi connectivity index (χ2v) is 4.89. The van der Waals surface area contributed by atoms with Crippen LogP contribution in [0.2, 0.25) is 0 Å². The Hall–Kier alpha value is -3.06. The zero-order chi connectivity index (χ0) is 14.8. The maximum Gasteiger partial charge on any atom is 0.248 e. The van der Waals surface area contributed by atoms with Gasteiger partial charge in [-0.3, -0.25) is 4.79 Å². The maximum absolute atomic E-state index is 11.1. The van der Waals surface area contributed by atoms with Crippen molar-refractivity contribution in [1.29, 1.82) is 5.26 Å². The SMILES string of the molecule is N#Cc1ccc2ccn(Cc3ccc(C(N)=O)cc3)c2c1. The lowest BCUT2D eigenvalue weighted by Gasteiger charge is -2.06. The summed E-state index contributed by atoms with van der Waals surface area (Å²) in [4.78, 5) is 11.1. The average Bonchev–Trinajstić information content (AvgIpc) is 2.90. The Labute approximate surface area is 122 Å². The van der Waals surface area contributed by atoms with E-state index >= 15 is 0 Å². The fourth-order valence-corrected chi connectivity index (χ4v) is 2.36. The molecule has 1 aromatic heterocycles. The van der Waals surface area contributed by atoms with Gasteiger partial charge in [-0.05, 0) is 41.3 Å². The van der Waals surface area contributed by atoms with Crippen LogP contribution in [-0.4, -0.2) is 10.5 Å². The van der Waals surface area contributed by atoms with Crippen molar-refractivity contribution in [3.05, 3.63) is 71.4 Å². The molecule has 0 saturated heterocycles. The molecule has 21 heavy (non-hydrogen) atoms. The lowest BCUT2D eigenvalue weighted by atomic mass is 10.1. The predicted molar refractivity (Wildman–Crippen MR) is 80.7 cm³/mol. The van der Waals surface area contributed by atoms with Gasteiger partial charge in [-0.25, -0.2) is 0 Å². The number of rotatable bonds is 3. The molecule has 4 nitrogen and oxygen atoms in total. The highest BCUT2D eigenvalue weighted by molar-refractivity contribution is 5.92. The Bertz CT molecular complexity index is 854. The first-order valence-corrected chi connectivity index (χ1v) is 6.55. The molecule has 102 valence electrons. The monoisotopic (exact) mass is 275 g/mol. The molecule has 4 heteroatoms. The second kappa shape index (κ2) is 5.14. The fraction of sp³-hybridized carbons (Fsp3) is 0.0588. The summed E-state index contributed by atoms with van der Waals surface area (Å²) in [5.74, 6) is -0.424. The molecule has 2 N–H and O–H groups in total. The number of hydrogen-bond acceptors (Lipinski definition) is 2. The third-order valence-corrected chi connectivity index (χ3v) is 3.49. The molecule has 0 fully saturated rings. The zero-order valence-electron chi connectivity index (χ0n) is 11.3. The summed E-state index contributed by atoms with van der Waals surface area (Å²) in [5.41, 5.74) is 8.47. The number of carbonyl (C=O) groups is 1. The van der Waals surface area contributed by atoms with Gasteiger partial charge in [0, 0.05) is 23.8 Å². The third-order valence-electron chi connectivity index (χ3n) is 3.49. The van der Waals surface area contributed by atoms with E-state index in [0.717, 1.165) is 16.5 Å². The van der Waals surface area contributed by atoms with E-state index in [1.807, 2.05) is 42.6 Å². The molecule has 0 aliphatic rings. The summed E-state index contributed by atoms with van der Waals surface area (Å²) in [7, 11) is 0. The highest BCUT2D eigenvalue weighted by Crippen LogP contribution is 2.19. The predicted octanol–water partition coefficient (Wildman–Crippen LogP) is 2.66. The van der Waals surface area contributed by atoms with Crippen molar-refractivity contribution in [1.82, 2.24) is 4.57 Å². The van der Waals surface area contributed by atoms with Gasteiger partial charge in [0.1, 0.15) is 0 Å². The number of hydrogen-bond donors (Lipinski definition) is 1. The van der Waals surface area contributed by atoms with E-state index in [2.05, 4.69) is 10.6 Å². The summed E-state index contributed by atoms with van der Waals surface area (Å²) >= 11 is 0. The number of carbonyl (C=O) groups excluding carboxylic acids is 1. The fourth-order valence-electron chi connectivity index (χ4n) is 2.36. The largest absolute Gasteiger partial charge is 0.366 e. The molecule has 0 aliphatic carbocycles. The number of nitrogens with two attached hydrogens (primary N) is 1. The van der Waals surface area contributed by atoms with Gasteiger partial charge in [0.2, 0.25) is 5.91 Å². The minimum absolute atomic E-state index is 0.424. The highest BCUT2D eigenvalue weighted by atomic mass is 16.1. The number of primary amides is 1. The van der Waals surface area contributed by atoms with E-state index in [4.69, 9.17) is 11.0 Å². The van der Waals surface area contributed by atoms with E-state index in [0.29, 0.717) is 17.7 Å². The molecule has 3 aromatic rings. The van der Waals surface area contributed by atoms with Crippen LogP contribution in [0.3, 0.4) is 0 Å². The van der Waals surface area contributed by atoms with Crippen LogP contribution in [0.1, 0.15) is 21.5 Å². The molecule has 3 rings (SSSR count). The van der Waals surface area contributed by atoms with Crippen LogP contribution in [0.5, 0.6) is 0 Å². The topological polar surface area (TPSA) is 71.8 Å². The molecule has 0 atom stereocenters. The first kappa shape index (κ1) is 12.9. The molecule has 0 radical (unpaired) electrons. The standard InChI is InChI=1S/C17H13N3O/c18-10-13-3-4-14-7-8-20(16(14)9-13)11-12-1-5-15(6-2-12)17(19)21/h1-9H,11H2,(H2,19,21). The molecule has 2 aromatic carbocycles. The Morgan fingerprint density at radius 1 is 1.14 bits per heavy atom. The summed E-state index contributed by atoms with van der Waals surface area (Å²) in [6.45, 7) is 0.678. The van der Waals surface area contributed by atoms with Crippen molar-refractivity contribution in [2.45, 2.75) is 6.54 Å². The van der Waals surface area contributed by atoms with Crippen molar-refractivity contribution in [2.24, 2.45) is 5.73 Å². The number of nitrogens with zero attached hydrogens (tertiary/aromatic N) is 2. The summed E-state index contributed by atoms with van der Waals surface area (Å²) in [5, 5.41) is 10.1. The first-order chi connectivity index (χ1) is 10.2. The average molecular weight is 275 g/mol. The number of fused-ring (bicyclic) bond motifs is 1. The van der Waals surface area contributed by atoms with Gasteiger partial charge >= 0.3 is 0 Å². The quantitative estimate of drug-likeness (QED) is 0.798. The lowest BCUT2D eigenvalue weighted by Crippen LogP contribution is -2.10. The van der Waals surface area contributed by atoms with Gasteiger partial charge in [0.05, 0.1) is 11.6 Å². The van der Waals surface area contributed by atoms with E-state index in [9.17, 15) is 4.79 Å². The Kier molecular flexibility index (Phi) is 3.17. The molecule has 0 aliphatic heterocycles. The zero-order valence-corrected chi connectivity index (χ0v) is 11.3. The molecule has 0 saturated carbocycles. The summed E-state index contributed by atoms with van der Waals surface area (Å²) in [6.07, 6.45) is 1.99. The van der Waals surface area contributed by atoms with Crippen molar-refractivity contribution < 1.29 is 4.79 Å². The molecule has 1 heterocycles. The van der Waals surface area contributed by atoms with Gasteiger partial charge in [-0.1, -0.05) is 18.2 Å². The van der Waals surface area contributed by atoms with Crippen LogP contribution in [-0.2, 0) is 6.54 Å². The molecule has 0 spiro atoms. The van der Waals surface area contributed by atoms with Crippen LogP contribution >= 0.6 is 0 Å². The van der Waals surface area contributed by atoms with Gasteiger partial charge in [-0.15, -0.1) is 0 Å². The minimum Gasteiger partial charge on any atom is -0.366 e. The Morgan fingerprint density at radius 3 is 2.57 bits per heavy atom. The third kappa shape index (κ3) is 2.49. The van der Waals surface area contributed by atoms with Gasteiger partial charge in [-0.2, -0.15) is 5.26 Å². The van der Waals surface area contributed by atoms with Gasteiger partial charge in [0.15, 0.2) is 0 Å². The summed E-state index contributed by atoms with van der Waals surface area (Å²) < 4.78 is 2.08. The number of amides is 1. The smallest absolute Gasteiger partial charge is 0.248 e. The Morgan fingerprint density at radius 2 is 1.90 bits per heavy atom. The van der Waals surface area contributed by atoms with Crippen molar-refractivity contribution in [3.63, 3.8) is 0 Å². The molecule has 1 amide bonds. The molecular formula is C17H13N3O. The minimum atomic E-state index is -0.424. The molecule has 0 bridgehead atoms. The first-order valence-electron chi connectivity index (χ1n) is 6.55.